The molecule has 0 unspecified atom stereocenters. The summed E-state index contributed by atoms with van der Waals surface area (Å²) in [6.07, 6.45) is -0.803. The number of nitrogens with zero attached hydrogens (tertiary/aromatic N) is 3. The summed E-state index contributed by atoms with van der Waals surface area (Å²) in [7, 11) is 1.10. The molecule has 0 aliphatic rings. The number of non-ortho nitro benzene ring substituents is 1. The van der Waals surface area contributed by atoms with E-state index in [0.717, 1.165) is 7.11 Å². The van der Waals surface area contributed by atoms with Crippen LogP contribution in [-0.2, 0) is 54.3 Å². The molecule has 0 bridgehead atoms. The number of hydrogen-bond acceptors (Lipinski definition) is 12. The van der Waals surface area contributed by atoms with Crippen molar-refractivity contribution >= 4 is 35.5 Å². The summed E-state index contributed by atoms with van der Waals surface area (Å²) in [6.45, 7) is 4.99. The number of carbonyl (C=O) groups excluding carboxylic acids is 5. The van der Waals surface area contributed by atoms with Gasteiger partial charge in [-0.05, 0) is 43.9 Å². The minimum absolute atomic E-state index is 0.00281. The maximum absolute atomic E-state index is 14.9. The van der Waals surface area contributed by atoms with E-state index in [1.54, 1.807) is 81.4 Å². The Morgan fingerprint density at radius 2 is 1.45 bits per heavy atom. The molecule has 1 heterocycles. The molecular weight excluding hydrogens is 750 g/mol. The highest BCUT2D eigenvalue weighted by Gasteiger charge is 2.41. The van der Waals surface area contributed by atoms with Gasteiger partial charge in [0.1, 0.15) is 23.7 Å². The van der Waals surface area contributed by atoms with Crippen molar-refractivity contribution in [2.24, 2.45) is 5.73 Å². The average Bonchev–Trinajstić information content (AvgIpc) is 3.70. The molecule has 4 aromatic rings. The van der Waals surface area contributed by atoms with Crippen LogP contribution in [-0.4, -0.2) is 97.7 Å². The van der Waals surface area contributed by atoms with Gasteiger partial charge in [0.2, 0.25) is 11.8 Å². The molecule has 0 spiro atoms. The van der Waals surface area contributed by atoms with E-state index in [-0.39, 0.29) is 31.4 Å². The van der Waals surface area contributed by atoms with Gasteiger partial charge in [0, 0.05) is 49.3 Å². The largest absolute Gasteiger partial charge is 0.467 e. The van der Waals surface area contributed by atoms with Gasteiger partial charge in [0.25, 0.3) is 11.6 Å². The number of nitrogens with one attached hydrogen (secondary N) is 3. The fourth-order valence-electron chi connectivity index (χ4n) is 6.06. The second kappa shape index (κ2) is 20.6. The third-order valence-corrected chi connectivity index (χ3v) is 8.94. The van der Waals surface area contributed by atoms with Gasteiger partial charge in [-0.1, -0.05) is 72.8 Å². The highest BCUT2D eigenvalue weighted by Crippen LogP contribution is 2.19. The lowest BCUT2D eigenvalue weighted by Gasteiger charge is -2.33. The second-order valence-electron chi connectivity index (χ2n) is 14.6. The molecule has 1 aromatic heterocycles. The number of aliphatic hydroxyl groups excluding tert-OH is 1. The van der Waals surface area contributed by atoms with Crippen LogP contribution in [0.4, 0.5) is 10.5 Å². The Labute approximate surface area is 335 Å². The Morgan fingerprint density at radius 1 is 0.862 bits per heavy atom. The zero-order valence-corrected chi connectivity index (χ0v) is 32.7. The van der Waals surface area contributed by atoms with Crippen molar-refractivity contribution in [2.75, 3.05) is 7.11 Å². The first-order valence-electron chi connectivity index (χ1n) is 18.5. The van der Waals surface area contributed by atoms with E-state index in [0.29, 0.717) is 27.3 Å². The summed E-state index contributed by atoms with van der Waals surface area (Å²) >= 11 is 0. The normalized spacial score (nSPS) is 13.8. The van der Waals surface area contributed by atoms with Crippen molar-refractivity contribution in [3.8, 4) is 0 Å². The van der Waals surface area contributed by atoms with Crippen molar-refractivity contribution in [3.63, 3.8) is 0 Å². The Kier molecular flexibility index (Phi) is 15.7. The molecule has 4 rings (SSSR count). The fraction of sp³-hybridized carbons (Fsp3) is 0.366. The van der Waals surface area contributed by atoms with E-state index in [1.807, 2.05) is 0 Å². The predicted octanol–water partition coefficient (Wildman–Crippen LogP) is 2.94. The molecule has 17 nitrogen and oxygen atoms in total. The lowest BCUT2D eigenvalue weighted by Crippen LogP contribution is -2.60. The number of nitro groups is 1. The van der Waals surface area contributed by atoms with Gasteiger partial charge in [0.15, 0.2) is 0 Å². The van der Waals surface area contributed by atoms with Crippen LogP contribution in [0.15, 0.2) is 97.5 Å². The zero-order valence-electron chi connectivity index (χ0n) is 32.7. The first-order valence-corrected chi connectivity index (χ1v) is 18.5. The van der Waals surface area contributed by atoms with Gasteiger partial charge in [-0.2, -0.15) is 0 Å². The molecular formula is C41H49N7O10. The highest BCUT2D eigenvalue weighted by atomic mass is 16.6. The summed E-state index contributed by atoms with van der Waals surface area (Å²) in [5.41, 5.74) is 7.44. The predicted molar refractivity (Wildman–Crippen MR) is 211 cm³/mol. The number of H-pyrrole nitrogens is 1. The van der Waals surface area contributed by atoms with Gasteiger partial charge in [-0.15, -0.1) is 0 Å². The molecule has 0 saturated carbocycles. The molecule has 308 valence electrons. The van der Waals surface area contributed by atoms with Crippen molar-refractivity contribution in [1.29, 1.82) is 0 Å². The molecule has 17 heteroatoms. The number of esters is 1. The van der Waals surface area contributed by atoms with Gasteiger partial charge in [-0.3, -0.25) is 29.4 Å². The summed E-state index contributed by atoms with van der Waals surface area (Å²) in [5.74, 6) is -3.77. The number of nitro benzene ring substituents is 1. The Hall–Kier alpha value is -6.46. The number of benzene rings is 3. The monoisotopic (exact) mass is 799 g/mol. The number of carbonyl (C=O) groups is 5. The van der Waals surface area contributed by atoms with Crippen LogP contribution in [0.3, 0.4) is 0 Å². The van der Waals surface area contributed by atoms with Crippen LogP contribution >= 0.6 is 0 Å². The summed E-state index contributed by atoms with van der Waals surface area (Å²) in [5, 5.41) is 27.6. The zero-order chi connectivity index (χ0) is 42.4. The van der Waals surface area contributed by atoms with E-state index in [1.165, 1.54) is 36.8 Å². The van der Waals surface area contributed by atoms with Crippen molar-refractivity contribution < 1.29 is 43.5 Å². The Morgan fingerprint density at radius 3 is 1.98 bits per heavy atom. The number of imidazole rings is 1. The van der Waals surface area contributed by atoms with E-state index >= 15 is 0 Å². The number of aromatic amines is 1. The molecule has 3 aromatic carbocycles. The number of methoxy groups -OCH3 is 1. The minimum atomic E-state index is -1.56. The Bertz CT molecular complexity index is 1990. The number of nitrogens with two attached hydrogens (primary N) is 1. The van der Waals surface area contributed by atoms with Gasteiger partial charge in [0.05, 0.1) is 30.9 Å². The smallest absolute Gasteiger partial charge is 0.408 e. The van der Waals surface area contributed by atoms with Crippen LogP contribution in [0, 0.1) is 10.1 Å². The number of amides is 4. The summed E-state index contributed by atoms with van der Waals surface area (Å²) in [6, 6.07) is 17.5. The fourth-order valence-corrected chi connectivity index (χ4v) is 6.06. The average molecular weight is 800 g/mol. The molecule has 0 aliphatic carbocycles. The summed E-state index contributed by atoms with van der Waals surface area (Å²) < 4.78 is 10.5. The van der Waals surface area contributed by atoms with Gasteiger partial charge in [-0.25, -0.2) is 14.6 Å². The standard InChI is InChI=1S/C41H49N7O10/c1-41(2,3)58-40(54)46-32(20-26-11-7-5-8-12-26)37(51)45-33(22-29-24-43-25-44-29)38(52)47(34(39(53)57-4)21-27-13-9-6-10-14-27)36(50)23-35(49)31(42)19-28-15-17-30(18-16-28)48(55)56/h5-18,24-25,31-35,49H,19-23,42H2,1-4H3,(H,43,44)(H,45,51)(H,46,54)/t31-,32-,33-,34-,35-/m0/s1. The van der Waals surface area contributed by atoms with Crippen LogP contribution in [0.25, 0.3) is 0 Å². The van der Waals surface area contributed by atoms with Crippen LogP contribution in [0.5, 0.6) is 0 Å². The molecule has 58 heavy (non-hydrogen) atoms. The third-order valence-electron chi connectivity index (χ3n) is 8.94. The van der Waals surface area contributed by atoms with Crippen molar-refractivity contribution in [3.05, 3.63) is 130 Å². The number of rotatable bonds is 18. The minimum Gasteiger partial charge on any atom is -0.467 e. The second-order valence-corrected chi connectivity index (χ2v) is 14.6. The van der Waals surface area contributed by atoms with Crippen LogP contribution in [0.2, 0.25) is 0 Å². The number of hydrogen-bond donors (Lipinski definition) is 5. The first-order chi connectivity index (χ1) is 27.5. The van der Waals surface area contributed by atoms with Crippen LogP contribution in [0.1, 0.15) is 49.6 Å². The number of imide groups is 1. The van der Waals surface area contributed by atoms with E-state index in [4.69, 9.17) is 15.2 Å². The maximum Gasteiger partial charge on any atom is 0.408 e. The van der Waals surface area contributed by atoms with Gasteiger partial charge < -0.3 is 35.9 Å². The number of aromatic nitrogens is 2. The maximum atomic E-state index is 14.9. The Balaban J connectivity index is 1.70. The first kappa shape index (κ1) is 44.3. The molecule has 0 saturated heterocycles. The molecule has 0 aliphatic heterocycles. The van der Waals surface area contributed by atoms with Crippen molar-refractivity contribution in [2.45, 2.75) is 88.7 Å². The molecule has 6 N–H and O–H groups in total. The number of alkyl carbamates (subject to hydrolysis) is 1. The highest BCUT2D eigenvalue weighted by molar-refractivity contribution is 6.03. The van der Waals surface area contributed by atoms with Gasteiger partial charge >= 0.3 is 12.1 Å². The lowest BCUT2D eigenvalue weighted by molar-refractivity contribution is -0.384. The quantitative estimate of drug-likeness (QED) is 0.0554. The van der Waals surface area contributed by atoms with E-state index in [9.17, 15) is 39.2 Å². The SMILES string of the molecule is COC(=O)[C@H](Cc1ccccc1)N(C(=O)C[C@H](O)[C@@H](N)Cc1ccc([N+](=O)[O-])cc1)C(=O)[C@H](Cc1cnc[nH]1)NC(=O)[C@H](Cc1ccccc1)NC(=O)OC(C)(C)C. The third kappa shape index (κ3) is 13.3. The number of ether oxygens (including phenoxy) is 2. The molecule has 4 amide bonds. The number of aliphatic hydroxyl groups is 1. The topological polar surface area (TPSA) is 249 Å². The van der Waals surface area contributed by atoms with Crippen molar-refractivity contribution in [1.82, 2.24) is 25.5 Å². The van der Waals surface area contributed by atoms with Crippen LogP contribution < -0.4 is 16.4 Å². The molecule has 0 fully saturated rings. The molecule has 5 atom stereocenters. The van der Waals surface area contributed by atoms with E-state index in [2.05, 4.69) is 20.6 Å². The molecule has 0 radical (unpaired) electrons. The summed E-state index contributed by atoms with van der Waals surface area (Å²) in [4.78, 5) is 88.1. The lowest BCUT2D eigenvalue weighted by atomic mass is 9.97. The van der Waals surface area contributed by atoms with E-state index < -0.39 is 77.0 Å².